The Morgan fingerprint density at radius 2 is 2.27 bits per heavy atom. The first kappa shape index (κ1) is 10.8. The average Bonchev–Trinajstić information content (AvgIpc) is 2.71. The summed E-state index contributed by atoms with van der Waals surface area (Å²) in [6, 6.07) is 4.33. The summed E-state index contributed by atoms with van der Waals surface area (Å²) in [4.78, 5) is 3.94. The van der Waals surface area contributed by atoms with E-state index in [1.165, 1.54) is 12.8 Å². The lowest BCUT2D eigenvalue weighted by molar-refractivity contribution is 0.643. The molecule has 3 nitrogen and oxygen atoms in total. The van der Waals surface area contributed by atoms with E-state index in [9.17, 15) is 4.21 Å². The molecule has 1 N–H and O–H groups in total. The molecular weight excluding hydrogens is 208 g/mol. The van der Waals surface area contributed by atoms with Crippen molar-refractivity contribution in [3.8, 4) is 0 Å². The smallest absolute Gasteiger partial charge is 0.0487 e. The SMILES string of the molecule is O=[S@](Cc1ccncc1)C[C@@H]1CCCN1. The van der Waals surface area contributed by atoms with Gasteiger partial charge in [-0.25, -0.2) is 0 Å². The van der Waals surface area contributed by atoms with E-state index in [0.29, 0.717) is 11.8 Å². The van der Waals surface area contributed by atoms with Gasteiger partial charge >= 0.3 is 0 Å². The van der Waals surface area contributed by atoms with Gasteiger partial charge in [0.25, 0.3) is 0 Å². The van der Waals surface area contributed by atoms with Gasteiger partial charge in [0.15, 0.2) is 0 Å². The van der Waals surface area contributed by atoms with Crippen molar-refractivity contribution in [3.63, 3.8) is 0 Å². The monoisotopic (exact) mass is 224 g/mol. The quantitative estimate of drug-likeness (QED) is 0.832. The first-order valence-corrected chi connectivity index (χ1v) is 6.80. The van der Waals surface area contributed by atoms with Gasteiger partial charge in [0, 0.05) is 40.7 Å². The number of hydrogen-bond donors (Lipinski definition) is 1. The molecule has 2 atom stereocenters. The standard InChI is InChI=1S/C11H16N2OS/c14-15(9-11-2-1-5-13-11)8-10-3-6-12-7-4-10/h3-4,6-7,11,13H,1-2,5,8-9H2/t11-,15+/m0/s1. The third kappa shape index (κ3) is 3.39. The van der Waals surface area contributed by atoms with Gasteiger partial charge in [-0.15, -0.1) is 0 Å². The van der Waals surface area contributed by atoms with Crippen molar-refractivity contribution >= 4 is 10.8 Å². The van der Waals surface area contributed by atoms with Crippen molar-refractivity contribution in [3.05, 3.63) is 30.1 Å². The molecule has 2 rings (SSSR count). The van der Waals surface area contributed by atoms with Crippen LogP contribution in [0.4, 0.5) is 0 Å². The van der Waals surface area contributed by atoms with Crippen molar-refractivity contribution in [1.82, 2.24) is 10.3 Å². The minimum absolute atomic E-state index is 0.465. The Kier molecular flexibility index (Phi) is 3.86. The van der Waals surface area contributed by atoms with Crippen LogP contribution in [-0.2, 0) is 16.6 Å². The molecule has 0 amide bonds. The molecule has 1 saturated heterocycles. The summed E-state index contributed by atoms with van der Waals surface area (Å²) in [6.45, 7) is 1.08. The predicted molar refractivity (Wildman–Crippen MR) is 62.0 cm³/mol. The van der Waals surface area contributed by atoms with Crippen LogP contribution in [0.5, 0.6) is 0 Å². The van der Waals surface area contributed by atoms with Gasteiger partial charge < -0.3 is 5.32 Å². The molecule has 1 aliphatic heterocycles. The molecule has 1 aliphatic rings. The molecule has 1 aromatic heterocycles. The zero-order valence-corrected chi connectivity index (χ0v) is 9.50. The average molecular weight is 224 g/mol. The summed E-state index contributed by atoms with van der Waals surface area (Å²) in [5, 5.41) is 3.37. The minimum Gasteiger partial charge on any atom is -0.313 e. The van der Waals surface area contributed by atoms with E-state index >= 15 is 0 Å². The molecule has 0 radical (unpaired) electrons. The van der Waals surface area contributed by atoms with Gasteiger partial charge in [0.2, 0.25) is 0 Å². The summed E-state index contributed by atoms with van der Waals surface area (Å²) < 4.78 is 11.8. The van der Waals surface area contributed by atoms with Crippen LogP contribution in [-0.4, -0.2) is 27.5 Å². The van der Waals surface area contributed by atoms with Crippen LogP contribution in [0.15, 0.2) is 24.5 Å². The summed E-state index contributed by atoms with van der Waals surface area (Å²) in [7, 11) is -0.751. The molecule has 2 heterocycles. The number of hydrogen-bond acceptors (Lipinski definition) is 3. The number of nitrogens with one attached hydrogen (secondary N) is 1. The summed E-state index contributed by atoms with van der Waals surface area (Å²) in [5.41, 5.74) is 1.11. The van der Waals surface area contributed by atoms with Gasteiger partial charge in [0.05, 0.1) is 0 Å². The molecule has 1 fully saturated rings. The lowest BCUT2D eigenvalue weighted by Gasteiger charge is -2.09. The summed E-state index contributed by atoms with van der Waals surface area (Å²) in [5.74, 6) is 1.43. The van der Waals surface area contributed by atoms with Gasteiger partial charge in [-0.05, 0) is 37.1 Å². The fraction of sp³-hybridized carbons (Fsp3) is 0.545. The topological polar surface area (TPSA) is 42.0 Å². The summed E-state index contributed by atoms with van der Waals surface area (Å²) in [6.07, 6.45) is 5.89. The van der Waals surface area contributed by atoms with Crippen molar-refractivity contribution in [2.45, 2.75) is 24.6 Å². The Bertz CT molecular complexity index is 323. The molecule has 0 saturated carbocycles. The minimum atomic E-state index is -0.751. The molecule has 0 spiro atoms. The van der Waals surface area contributed by atoms with Gasteiger partial charge in [0.1, 0.15) is 0 Å². The van der Waals surface area contributed by atoms with Crippen LogP contribution in [0.3, 0.4) is 0 Å². The van der Waals surface area contributed by atoms with Gasteiger partial charge in [-0.2, -0.15) is 0 Å². The van der Waals surface area contributed by atoms with Crippen LogP contribution >= 0.6 is 0 Å². The highest BCUT2D eigenvalue weighted by Gasteiger charge is 2.16. The van der Waals surface area contributed by atoms with E-state index < -0.39 is 10.8 Å². The lowest BCUT2D eigenvalue weighted by Crippen LogP contribution is -2.27. The van der Waals surface area contributed by atoms with Crippen molar-refractivity contribution in [2.75, 3.05) is 12.3 Å². The Hall–Kier alpha value is -0.740. The molecule has 0 aromatic carbocycles. The molecule has 15 heavy (non-hydrogen) atoms. The lowest BCUT2D eigenvalue weighted by atomic mass is 10.3. The first-order chi connectivity index (χ1) is 7.34. The maximum atomic E-state index is 11.8. The summed E-state index contributed by atoms with van der Waals surface area (Å²) >= 11 is 0. The van der Waals surface area contributed by atoms with Crippen LogP contribution in [0, 0.1) is 0 Å². The zero-order valence-electron chi connectivity index (χ0n) is 8.69. The highest BCUT2D eigenvalue weighted by molar-refractivity contribution is 7.84. The largest absolute Gasteiger partial charge is 0.313 e. The molecule has 0 unspecified atom stereocenters. The van der Waals surface area contributed by atoms with E-state index in [1.54, 1.807) is 12.4 Å². The Balaban J connectivity index is 1.82. The van der Waals surface area contributed by atoms with Crippen LogP contribution < -0.4 is 5.32 Å². The number of rotatable bonds is 4. The van der Waals surface area contributed by atoms with E-state index in [2.05, 4.69) is 10.3 Å². The fourth-order valence-electron chi connectivity index (χ4n) is 1.85. The number of pyridine rings is 1. The predicted octanol–water partition coefficient (Wildman–Crippen LogP) is 1.08. The molecule has 0 aliphatic carbocycles. The van der Waals surface area contributed by atoms with Crippen molar-refractivity contribution in [1.29, 1.82) is 0 Å². The third-order valence-electron chi connectivity index (χ3n) is 2.63. The molecule has 82 valence electrons. The fourth-order valence-corrected chi connectivity index (χ4v) is 3.26. The molecule has 4 heteroatoms. The third-order valence-corrected chi connectivity index (χ3v) is 4.06. The van der Waals surface area contributed by atoms with E-state index in [4.69, 9.17) is 0 Å². The maximum Gasteiger partial charge on any atom is 0.0487 e. The zero-order chi connectivity index (χ0) is 10.5. The number of aromatic nitrogens is 1. The molecule has 1 aromatic rings. The van der Waals surface area contributed by atoms with Crippen LogP contribution in [0.2, 0.25) is 0 Å². The maximum absolute atomic E-state index is 11.8. The van der Waals surface area contributed by atoms with E-state index in [0.717, 1.165) is 17.9 Å². The van der Waals surface area contributed by atoms with Crippen LogP contribution in [0.25, 0.3) is 0 Å². The number of nitrogens with zero attached hydrogens (tertiary/aromatic N) is 1. The Morgan fingerprint density at radius 1 is 1.47 bits per heavy atom. The Morgan fingerprint density at radius 3 is 2.93 bits per heavy atom. The second kappa shape index (κ2) is 5.37. The van der Waals surface area contributed by atoms with Crippen molar-refractivity contribution in [2.24, 2.45) is 0 Å². The second-order valence-corrected chi connectivity index (χ2v) is 5.40. The van der Waals surface area contributed by atoms with E-state index in [1.807, 2.05) is 12.1 Å². The van der Waals surface area contributed by atoms with Gasteiger partial charge in [-0.1, -0.05) is 0 Å². The van der Waals surface area contributed by atoms with E-state index in [-0.39, 0.29) is 0 Å². The van der Waals surface area contributed by atoms with Crippen LogP contribution in [0.1, 0.15) is 18.4 Å². The molecular formula is C11H16N2OS. The normalized spacial score (nSPS) is 22.8. The second-order valence-electron chi connectivity index (χ2n) is 3.90. The van der Waals surface area contributed by atoms with Crippen molar-refractivity contribution < 1.29 is 4.21 Å². The first-order valence-electron chi connectivity index (χ1n) is 5.32. The highest BCUT2D eigenvalue weighted by Crippen LogP contribution is 2.09. The van der Waals surface area contributed by atoms with Gasteiger partial charge in [-0.3, -0.25) is 9.19 Å². The highest BCUT2D eigenvalue weighted by atomic mass is 32.2. The Labute approximate surface area is 92.8 Å². The molecule has 0 bridgehead atoms.